The Labute approximate surface area is 112 Å². The van der Waals surface area contributed by atoms with Gasteiger partial charge in [0.2, 0.25) is 0 Å². The summed E-state index contributed by atoms with van der Waals surface area (Å²) in [5.74, 6) is -0.696. The van der Waals surface area contributed by atoms with Gasteiger partial charge in [-0.1, -0.05) is 36.4 Å². The number of fused-ring (bicyclic) bond motifs is 1. The lowest BCUT2D eigenvalue weighted by molar-refractivity contribution is -0.142. The SMILES string of the molecule is O=C(O)[C@@H]1CCCN1Cc1ccc2ccccc2c1. The Morgan fingerprint density at radius 3 is 2.79 bits per heavy atom. The molecule has 0 radical (unpaired) electrons. The minimum Gasteiger partial charge on any atom is -0.480 e. The van der Waals surface area contributed by atoms with E-state index in [-0.39, 0.29) is 6.04 Å². The van der Waals surface area contributed by atoms with Gasteiger partial charge >= 0.3 is 5.97 Å². The van der Waals surface area contributed by atoms with Crippen LogP contribution in [0.25, 0.3) is 10.8 Å². The van der Waals surface area contributed by atoms with E-state index >= 15 is 0 Å². The Balaban J connectivity index is 1.83. The Morgan fingerprint density at radius 2 is 2.00 bits per heavy atom. The molecule has 0 aromatic heterocycles. The van der Waals surface area contributed by atoms with Crippen LogP contribution in [0, 0.1) is 0 Å². The third-order valence-corrected chi connectivity index (χ3v) is 3.85. The standard InChI is InChI=1S/C16H17NO2/c18-16(19)15-6-3-9-17(15)11-12-7-8-13-4-1-2-5-14(13)10-12/h1-2,4-5,7-8,10,15H,3,6,9,11H2,(H,18,19)/t15-/m0/s1. The summed E-state index contributed by atoms with van der Waals surface area (Å²) < 4.78 is 0. The van der Waals surface area contributed by atoms with Crippen LogP contribution in [-0.2, 0) is 11.3 Å². The molecule has 0 bridgehead atoms. The molecule has 19 heavy (non-hydrogen) atoms. The van der Waals surface area contributed by atoms with Crippen molar-refractivity contribution in [2.24, 2.45) is 0 Å². The molecule has 2 aromatic rings. The minimum atomic E-state index is -0.696. The molecule has 0 saturated carbocycles. The summed E-state index contributed by atoms with van der Waals surface area (Å²) in [7, 11) is 0. The number of hydrogen-bond acceptors (Lipinski definition) is 2. The zero-order chi connectivity index (χ0) is 13.2. The van der Waals surface area contributed by atoms with E-state index < -0.39 is 5.97 Å². The lowest BCUT2D eigenvalue weighted by Crippen LogP contribution is -2.35. The molecular formula is C16H17NO2. The van der Waals surface area contributed by atoms with Crippen molar-refractivity contribution < 1.29 is 9.90 Å². The Bertz CT molecular complexity index is 608. The molecule has 0 amide bonds. The second-order valence-corrected chi connectivity index (χ2v) is 5.15. The fraction of sp³-hybridized carbons (Fsp3) is 0.312. The van der Waals surface area contributed by atoms with Gasteiger partial charge in [-0.25, -0.2) is 0 Å². The van der Waals surface area contributed by atoms with Gasteiger partial charge in [0.15, 0.2) is 0 Å². The summed E-state index contributed by atoms with van der Waals surface area (Å²) in [6, 6.07) is 14.3. The highest BCUT2D eigenvalue weighted by atomic mass is 16.4. The highest BCUT2D eigenvalue weighted by Crippen LogP contribution is 2.22. The normalized spacial score (nSPS) is 19.9. The summed E-state index contributed by atoms with van der Waals surface area (Å²) in [6.45, 7) is 1.60. The molecule has 0 aliphatic carbocycles. The quantitative estimate of drug-likeness (QED) is 0.916. The first-order chi connectivity index (χ1) is 9.24. The molecule has 3 heteroatoms. The average molecular weight is 255 g/mol. The second-order valence-electron chi connectivity index (χ2n) is 5.15. The van der Waals surface area contributed by atoms with Gasteiger partial charge in [0.1, 0.15) is 6.04 Å². The number of nitrogens with zero attached hydrogens (tertiary/aromatic N) is 1. The number of carboxylic acid groups (broad SMARTS) is 1. The predicted molar refractivity (Wildman–Crippen MR) is 75.0 cm³/mol. The first-order valence-corrected chi connectivity index (χ1v) is 6.68. The van der Waals surface area contributed by atoms with Gasteiger partial charge in [-0.3, -0.25) is 9.69 Å². The lowest BCUT2D eigenvalue weighted by atomic mass is 10.1. The topological polar surface area (TPSA) is 40.5 Å². The third kappa shape index (κ3) is 2.47. The molecule has 1 N–H and O–H groups in total. The first-order valence-electron chi connectivity index (χ1n) is 6.68. The van der Waals surface area contributed by atoms with Gasteiger partial charge < -0.3 is 5.11 Å². The van der Waals surface area contributed by atoms with Gasteiger partial charge in [-0.15, -0.1) is 0 Å². The van der Waals surface area contributed by atoms with Crippen LogP contribution in [0.3, 0.4) is 0 Å². The Morgan fingerprint density at radius 1 is 1.21 bits per heavy atom. The molecule has 1 fully saturated rings. The number of hydrogen-bond donors (Lipinski definition) is 1. The fourth-order valence-electron chi connectivity index (χ4n) is 2.87. The van der Waals surface area contributed by atoms with Crippen LogP contribution in [0.15, 0.2) is 42.5 Å². The van der Waals surface area contributed by atoms with Gasteiger partial charge in [-0.05, 0) is 41.8 Å². The molecule has 3 nitrogen and oxygen atoms in total. The highest BCUT2D eigenvalue weighted by molar-refractivity contribution is 5.83. The van der Waals surface area contributed by atoms with E-state index in [4.69, 9.17) is 0 Å². The van der Waals surface area contributed by atoms with Crippen molar-refractivity contribution in [1.29, 1.82) is 0 Å². The van der Waals surface area contributed by atoms with E-state index in [9.17, 15) is 9.90 Å². The van der Waals surface area contributed by atoms with Gasteiger partial charge in [0, 0.05) is 6.54 Å². The highest BCUT2D eigenvalue weighted by Gasteiger charge is 2.30. The molecule has 0 spiro atoms. The van der Waals surface area contributed by atoms with Crippen molar-refractivity contribution in [2.75, 3.05) is 6.54 Å². The van der Waals surface area contributed by atoms with Gasteiger partial charge in [-0.2, -0.15) is 0 Å². The van der Waals surface area contributed by atoms with Crippen LogP contribution in [0.2, 0.25) is 0 Å². The summed E-state index contributed by atoms with van der Waals surface area (Å²) in [5, 5.41) is 11.6. The second kappa shape index (κ2) is 5.02. The number of carbonyl (C=O) groups is 1. The maximum atomic E-state index is 11.2. The van der Waals surface area contributed by atoms with Crippen molar-refractivity contribution in [1.82, 2.24) is 4.90 Å². The molecule has 98 valence electrons. The molecule has 1 aliphatic heterocycles. The molecule has 3 rings (SSSR count). The fourth-order valence-corrected chi connectivity index (χ4v) is 2.87. The van der Waals surface area contributed by atoms with Crippen LogP contribution in [0.1, 0.15) is 18.4 Å². The lowest BCUT2D eigenvalue weighted by Gasteiger charge is -2.21. The molecule has 1 atom stereocenters. The number of carboxylic acids is 1. The molecule has 2 aromatic carbocycles. The van der Waals surface area contributed by atoms with E-state index in [1.165, 1.54) is 16.3 Å². The summed E-state index contributed by atoms with van der Waals surface area (Å²) >= 11 is 0. The van der Waals surface area contributed by atoms with Crippen molar-refractivity contribution in [3.8, 4) is 0 Å². The van der Waals surface area contributed by atoms with E-state index in [0.717, 1.165) is 25.9 Å². The molecule has 1 aliphatic rings. The largest absolute Gasteiger partial charge is 0.480 e. The molecular weight excluding hydrogens is 238 g/mol. The van der Waals surface area contributed by atoms with E-state index in [0.29, 0.717) is 0 Å². The van der Waals surface area contributed by atoms with Crippen LogP contribution in [0.4, 0.5) is 0 Å². The third-order valence-electron chi connectivity index (χ3n) is 3.85. The smallest absolute Gasteiger partial charge is 0.320 e. The molecule has 0 unspecified atom stereocenters. The van der Waals surface area contributed by atoms with Gasteiger partial charge in [0.25, 0.3) is 0 Å². The minimum absolute atomic E-state index is 0.313. The van der Waals surface area contributed by atoms with Crippen LogP contribution in [-0.4, -0.2) is 28.6 Å². The summed E-state index contributed by atoms with van der Waals surface area (Å²) in [4.78, 5) is 13.2. The van der Waals surface area contributed by atoms with Crippen LogP contribution >= 0.6 is 0 Å². The maximum absolute atomic E-state index is 11.2. The van der Waals surface area contributed by atoms with Crippen molar-refractivity contribution >= 4 is 16.7 Å². The number of likely N-dealkylation sites (tertiary alicyclic amines) is 1. The predicted octanol–water partition coefficient (Wildman–Crippen LogP) is 2.89. The summed E-state index contributed by atoms with van der Waals surface area (Å²) in [5.41, 5.74) is 1.19. The Hall–Kier alpha value is -1.87. The summed E-state index contributed by atoms with van der Waals surface area (Å²) in [6.07, 6.45) is 1.74. The van der Waals surface area contributed by atoms with Crippen molar-refractivity contribution in [3.63, 3.8) is 0 Å². The number of rotatable bonds is 3. The van der Waals surface area contributed by atoms with Crippen molar-refractivity contribution in [2.45, 2.75) is 25.4 Å². The number of aliphatic carboxylic acids is 1. The monoisotopic (exact) mass is 255 g/mol. The van der Waals surface area contributed by atoms with Crippen molar-refractivity contribution in [3.05, 3.63) is 48.0 Å². The van der Waals surface area contributed by atoms with E-state index in [1.54, 1.807) is 0 Å². The van der Waals surface area contributed by atoms with E-state index in [2.05, 4.69) is 35.2 Å². The van der Waals surface area contributed by atoms with Gasteiger partial charge in [0.05, 0.1) is 0 Å². The molecule has 1 saturated heterocycles. The first kappa shape index (κ1) is 12.2. The zero-order valence-corrected chi connectivity index (χ0v) is 10.7. The maximum Gasteiger partial charge on any atom is 0.320 e. The van der Waals surface area contributed by atoms with Crippen LogP contribution < -0.4 is 0 Å². The Kier molecular flexibility index (Phi) is 3.22. The average Bonchev–Trinajstić information content (AvgIpc) is 2.87. The zero-order valence-electron chi connectivity index (χ0n) is 10.7. The van der Waals surface area contributed by atoms with E-state index in [1.807, 2.05) is 12.1 Å². The number of benzene rings is 2. The molecule has 1 heterocycles. The van der Waals surface area contributed by atoms with Crippen LogP contribution in [0.5, 0.6) is 0 Å².